The Morgan fingerprint density at radius 3 is 2.25 bits per heavy atom. The molecule has 0 fully saturated rings. The van der Waals surface area contributed by atoms with E-state index in [0.29, 0.717) is 6.42 Å². The molecule has 0 heterocycles. The predicted octanol–water partition coefficient (Wildman–Crippen LogP) is 0.303. The van der Waals surface area contributed by atoms with Crippen molar-refractivity contribution in [1.29, 1.82) is 0 Å². The zero-order valence-corrected chi connectivity index (χ0v) is 7.64. The van der Waals surface area contributed by atoms with Gasteiger partial charge >= 0.3 is 0 Å². The van der Waals surface area contributed by atoms with Crippen LogP contribution in [0.4, 0.5) is 0 Å². The Kier molecular flexibility index (Phi) is 5.98. The molecule has 0 amide bonds. The lowest BCUT2D eigenvalue weighted by atomic mass is 9.98. The molecule has 0 saturated heterocycles. The number of rotatable bonds is 5. The molecule has 0 aromatic heterocycles. The van der Waals surface area contributed by atoms with Gasteiger partial charge in [0.2, 0.25) is 0 Å². The van der Waals surface area contributed by atoms with Crippen LogP contribution in [0, 0.1) is 5.92 Å². The summed E-state index contributed by atoms with van der Waals surface area (Å²) < 4.78 is 0. The van der Waals surface area contributed by atoms with Gasteiger partial charge in [-0.1, -0.05) is 19.1 Å². The standard InChI is InChI=1S/C9H18O3/c1-7(8(2)11)6-9(12)4-3-5-10/h3-4,7-12H,5-6H2,1-2H3/b4-3+/t7?,8-,9+/m0/s1. The van der Waals surface area contributed by atoms with Crippen molar-refractivity contribution < 1.29 is 15.3 Å². The van der Waals surface area contributed by atoms with Gasteiger partial charge in [-0.3, -0.25) is 0 Å². The molecule has 0 radical (unpaired) electrons. The SMILES string of the molecule is CC(C[C@H](O)/C=C/CO)[C@H](C)O. The highest BCUT2D eigenvalue weighted by Gasteiger charge is 2.11. The van der Waals surface area contributed by atoms with Crippen molar-refractivity contribution in [3.05, 3.63) is 12.2 Å². The lowest BCUT2D eigenvalue weighted by Gasteiger charge is -2.16. The number of hydrogen-bond acceptors (Lipinski definition) is 3. The highest BCUT2D eigenvalue weighted by Crippen LogP contribution is 2.11. The smallest absolute Gasteiger partial charge is 0.0725 e. The Bertz CT molecular complexity index is 132. The Balaban J connectivity index is 3.68. The highest BCUT2D eigenvalue weighted by atomic mass is 16.3. The minimum Gasteiger partial charge on any atom is -0.393 e. The van der Waals surface area contributed by atoms with Crippen LogP contribution in [0.3, 0.4) is 0 Å². The molecule has 0 aromatic rings. The molecule has 3 heteroatoms. The molecule has 0 aliphatic heterocycles. The maximum Gasteiger partial charge on any atom is 0.0725 e. The van der Waals surface area contributed by atoms with Crippen molar-refractivity contribution in [3.63, 3.8) is 0 Å². The summed E-state index contributed by atoms with van der Waals surface area (Å²) in [5.74, 6) is 0.0725. The van der Waals surface area contributed by atoms with E-state index in [4.69, 9.17) is 10.2 Å². The largest absolute Gasteiger partial charge is 0.393 e. The molecular weight excluding hydrogens is 156 g/mol. The van der Waals surface area contributed by atoms with E-state index in [1.54, 1.807) is 13.0 Å². The summed E-state index contributed by atoms with van der Waals surface area (Å²) in [4.78, 5) is 0. The molecule has 1 unspecified atom stereocenters. The Morgan fingerprint density at radius 1 is 1.25 bits per heavy atom. The molecule has 0 aliphatic carbocycles. The molecule has 3 atom stereocenters. The van der Waals surface area contributed by atoms with Gasteiger partial charge in [0.25, 0.3) is 0 Å². The zero-order valence-electron chi connectivity index (χ0n) is 7.64. The van der Waals surface area contributed by atoms with E-state index in [0.717, 1.165) is 0 Å². The fourth-order valence-corrected chi connectivity index (χ4v) is 0.874. The Hall–Kier alpha value is -0.380. The average Bonchev–Trinajstić information content (AvgIpc) is 2.00. The van der Waals surface area contributed by atoms with Crippen LogP contribution in [0.15, 0.2) is 12.2 Å². The highest BCUT2D eigenvalue weighted by molar-refractivity contribution is 4.89. The van der Waals surface area contributed by atoms with Crippen LogP contribution in [0.1, 0.15) is 20.3 Å². The van der Waals surface area contributed by atoms with E-state index in [1.165, 1.54) is 6.08 Å². The Labute approximate surface area is 73.4 Å². The van der Waals surface area contributed by atoms with Crippen molar-refractivity contribution >= 4 is 0 Å². The van der Waals surface area contributed by atoms with Crippen LogP contribution in [-0.4, -0.2) is 34.1 Å². The van der Waals surface area contributed by atoms with Crippen LogP contribution >= 0.6 is 0 Å². The van der Waals surface area contributed by atoms with Crippen molar-refractivity contribution in [1.82, 2.24) is 0 Å². The van der Waals surface area contributed by atoms with Crippen molar-refractivity contribution in [3.8, 4) is 0 Å². The molecule has 0 spiro atoms. The molecule has 72 valence electrons. The molecular formula is C9H18O3. The minimum atomic E-state index is -0.568. The fourth-order valence-electron chi connectivity index (χ4n) is 0.874. The second-order valence-corrected chi connectivity index (χ2v) is 3.13. The van der Waals surface area contributed by atoms with E-state index < -0.39 is 12.2 Å². The zero-order chi connectivity index (χ0) is 9.56. The summed E-state index contributed by atoms with van der Waals surface area (Å²) in [6.07, 6.45) is 2.59. The third-order valence-electron chi connectivity index (χ3n) is 1.90. The van der Waals surface area contributed by atoms with Gasteiger partial charge in [-0.2, -0.15) is 0 Å². The lowest BCUT2D eigenvalue weighted by Crippen LogP contribution is -2.18. The first-order valence-corrected chi connectivity index (χ1v) is 4.21. The first kappa shape index (κ1) is 11.6. The van der Waals surface area contributed by atoms with Crippen LogP contribution < -0.4 is 0 Å². The van der Waals surface area contributed by atoms with Gasteiger partial charge in [-0.15, -0.1) is 0 Å². The molecule has 0 rings (SSSR count). The molecule has 0 aromatic carbocycles. The topological polar surface area (TPSA) is 60.7 Å². The average molecular weight is 174 g/mol. The maximum absolute atomic E-state index is 9.29. The van der Waals surface area contributed by atoms with Gasteiger partial charge in [-0.25, -0.2) is 0 Å². The molecule has 12 heavy (non-hydrogen) atoms. The quantitative estimate of drug-likeness (QED) is 0.525. The first-order chi connectivity index (χ1) is 5.57. The summed E-state index contributed by atoms with van der Waals surface area (Å²) in [6, 6.07) is 0. The number of aliphatic hydroxyl groups excluding tert-OH is 3. The third-order valence-corrected chi connectivity index (χ3v) is 1.90. The van der Waals surface area contributed by atoms with Crippen LogP contribution in [0.2, 0.25) is 0 Å². The lowest BCUT2D eigenvalue weighted by molar-refractivity contribution is 0.0968. The van der Waals surface area contributed by atoms with Gasteiger partial charge in [0.1, 0.15) is 0 Å². The number of hydrogen-bond donors (Lipinski definition) is 3. The van der Waals surface area contributed by atoms with Crippen LogP contribution in [0.25, 0.3) is 0 Å². The van der Waals surface area contributed by atoms with Gasteiger partial charge in [0, 0.05) is 0 Å². The van der Waals surface area contributed by atoms with E-state index >= 15 is 0 Å². The molecule has 0 saturated carbocycles. The van der Waals surface area contributed by atoms with Gasteiger partial charge in [0.15, 0.2) is 0 Å². The van der Waals surface area contributed by atoms with E-state index in [1.807, 2.05) is 6.92 Å². The monoisotopic (exact) mass is 174 g/mol. The fraction of sp³-hybridized carbons (Fsp3) is 0.778. The molecule has 0 aliphatic rings. The molecule has 3 nitrogen and oxygen atoms in total. The molecule has 3 N–H and O–H groups in total. The van der Waals surface area contributed by atoms with Crippen LogP contribution in [-0.2, 0) is 0 Å². The van der Waals surface area contributed by atoms with E-state index in [2.05, 4.69) is 0 Å². The normalized spacial score (nSPS) is 19.4. The first-order valence-electron chi connectivity index (χ1n) is 4.21. The van der Waals surface area contributed by atoms with Crippen molar-refractivity contribution in [2.45, 2.75) is 32.5 Å². The summed E-state index contributed by atoms with van der Waals surface area (Å²) in [5, 5.41) is 26.8. The van der Waals surface area contributed by atoms with Gasteiger partial charge in [0.05, 0.1) is 18.8 Å². The maximum atomic E-state index is 9.29. The van der Waals surface area contributed by atoms with Crippen molar-refractivity contribution in [2.75, 3.05) is 6.61 Å². The van der Waals surface area contributed by atoms with E-state index in [-0.39, 0.29) is 12.5 Å². The summed E-state index contributed by atoms with van der Waals surface area (Å²) >= 11 is 0. The van der Waals surface area contributed by atoms with Crippen molar-refractivity contribution in [2.24, 2.45) is 5.92 Å². The van der Waals surface area contributed by atoms with Gasteiger partial charge in [-0.05, 0) is 19.3 Å². The Morgan fingerprint density at radius 2 is 1.83 bits per heavy atom. The minimum absolute atomic E-state index is 0.0554. The third kappa shape index (κ3) is 5.29. The second-order valence-electron chi connectivity index (χ2n) is 3.13. The van der Waals surface area contributed by atoms with Crippen LogP contribution in [0.5, 0.6) is 0 Å². The summed E-state index contributed by atoms with van der Waals surface area (Å²) in [6.45, 7) is 3.52. The summed E-state index contributed by atoms with van der Waals surface area (Å²) in [7, 11) is 0. The molecule has 0 bridgehead atoms. The second kappa shape index (κ2) is 6.17. The van der Waals surface area contributed by atoms with Gasteiger partial charge < -0.3 is 15.3 Å². The summed E-state index contributed by atoms with van der Waals surface area (Å²) in [5.41, 5.74) is 0. The van der Waals surface area contributed by atoms with E-state index in [9.17, 15) is 5.11 Å². The predicted molar refractivity (Wildman–Crippen MR) is 47.7 cm³/mol. The number of aliphatic hydroxyl groups is 3.